The number of aliphatic hydroxyl groups is 1. The molecule has 190 valence electrons. The van der Waals surface area contributed by atoms with Crippen LogP contribution in [-0.2, 0) is 13.0 Å². The number of piperidine rings is 1. The summed E-state index contributed by atoms with van der Waals surface area (Å²) in [6.07, 6.45) is 6.01. The van der Waals surface area contributed by atoms with Gasteiger partial charge in [0.1, 0.15) is 11.5 Å². The Bertz CT molecular complexity index is 1020. The van der Waals surface area contributed by atoms with E-state index in [1.54, 1.807) is 30.9 Å². The predicted octanol–water partition coefficient (Wildman–Crippen LogP) is 5.61. The highest BCUT2D eigenvalue weighted by Crippen LogP contribution is 2.29. The van der Waals surface area contributed by atoms with Gasteiger partial charge >= 0.3 is 0 Å². The number of halogens is 2. The Balaban J connectivity index is 1.38. The molecule has 2 aromatic rings. The highest BCUT2D eigenvalue weighted by atomic mass is 19.1. The summed E-state index contributed by atoms with van der Waals surface area (Å²) in [6.45, 7) is 6.95. The topological polar surface area (TPSA) is 43.8 Å². The van der Waals surface area contributed by atoms with Crippen molar-refractivity contribution in [2.45, 2.75) is 64.6 Å². The maximum atomic E-state index is 14.8. The maximum Gasteiger partial charge on any atom is 0.256 e. The zero-order valence-electron chi connectivity index (χ0n) is 21.0. The summed E-state index contributed by atoms with van der Waals surface area (Å²) in [6, 6.07) is 10.7. The zero-order valence-corrected chi connectivity index (χ0v) is 21.0. The fourth-order valence-corrected chi connectivity index (χ4v) is 5.48. The molecule has 1 N–H and O–H groups in total. The molecule has 2 saturated heterocycles. The largest absolute Gasteiger partial charge is 0.392 e. The molecule has 35 heavy (non-hydrogen) atoms. The first kappa shape index (κ1) is 25.8. The molecule has 2 aliphatic heterocycles. The Kier molecular flexibility index (Phi) is 8.23. The van der Waals surface area contributed by atoms with Gasteiger partial charge < -0.3 is 14.9 Å². The number of aliphatic hydroxyl groups excluding tert-OH is 1. The second kappa shape index (κ2) is 11.2. The summed E-state index contributed by atoms with van der Waals surface area (Å²) in [7, 11) is 0. The smallest absolute Gasteiger partial charge is 0.256 e. The van der Waals surface area contributed by atoms with Crippen molar-refractivity contribution in [3.63, 3.8) is 0 Å². The van der Waals surface area contributed by atoms with Crippen LogP contribution in [0.2, 0.25) is 0 Å². The molecule has 2 aromatic carbocycles. The zero-order chi connectivity index (χ0) is 25.0. The van der Waals surface area contributed by atoms with Crippen molar-refractivity contribution in [3.05, 3.63) is 58.9 Å². The fraction of sp³-hybridized carbons (Fsp3) is 0.552. The van der Waals surface area contributed by atoms with E-state index in [0.717, 1.165) is 68.3 Å². The van der Waals surface area contributed by atoms with Gasteiger partial charge in [-0.1, -0.05) is 18.2 Å². The van der Waals surface area contributed by atoms with Gasteiger partial charge in [-0.3, -0.25) is 4.79 Å². The van der Waals surface area contributed by atoms with Crippen LogP contribution >= 0.6 is 0 Å². The minimum Gasteiger partial charge on any atom is -0.392 e. The molecule has 2 aliphatic rings. The molecule has 0 spiro atoms. The Morgan fingerprint density at radius 2 is 1.66 bits per heavy atom. The monoisotopic (exact) mass is 484 g/mol. The number of hydrogen-bond acceptors (Lipinski definition) is 3. The first-order chi connectivity index (χ1) is 16.7. The second-order valence-corrected chi connectivity index (χ2v) is 10.8. The minimum absolute atomic E-state index is 0.0682. The fourth-order valence-electron chi connectivity index (χ4n) is 5.48. The van der Waals surface area contributed by atoms with Crippen LogP contribution in [-0.4, -0.2) is 59.2 Å². The number of alkyl halides is 1. The molecule has 0 saturated carbocycles. The van der Waals surface area contributed by atoms with Crippen LogP contribution in [0, 0.1) is 11.7 Å². The number of hydrogen-bond donors (Lipinski definition) is 1. The normalized spacial score (nSPS) is 17.8. The van der Waals surface area contributed by atoms with Gasteiger partial charge in [-0.25, -0.2) is 8.78 Å². The van der Waals surface area contributed by atoms with E-state index >= 15 is 0 Å². The molecule has 0 radical (unpaired) electrons. The standard InChI is InChI=1S/C29H38F2N2O2/c1-29(2,31)20-32-15-11-21(12-16-32)5-6-22-7-8-23(17-25(22)19-34)24-9-10-26(27(30)18-24)28(35)33-13-3-4-14-33/h7-10,17-18,21,34H,3-6,11-16,19-20H2,1-2H3. The molecule has 4 nitrogen and oxygen atoms in total. The first-order valence-corrected chi connectivity index (χ1v) is 13.0. The van der Waals surface area contributed by atoms with E-state index in [9.17, 15) is 18.7 Å². The Hall–Kier alpha value is -2.31. The van der Waals surface area contributed by atoms with Gasteiger partial charge in [-0.05, 0) is 112 Å². The van der Waals surface area contributed by atoms with Crippen molar-refractivity contribution in [1.29, 1.82) is 0 Å². The number of amides is 1. The van der Waals surface area contributed by atoms with Crippen molar-refractivity contribution in [2.24, 2.45) is 5.92 Å². The summed E-state index contributed by atoms with van der Waals surface area (Å²) in [4.78, 5) is 16.5. The number of rotatable bonds is 8. The summed E-state index contributed by atoms with van der Waals surface area (Å²) in [5.74, 6) is -0.135. The van der Waals surface area contributed by atoms with E-state index in [2.05, 4.69) is 4.90 Å². The number of carbonyl (C=O) groups is 1. The lowest BCUT2D eigenvalue weighted by Gasteiger charge is -2.34. The van der Waals surface area contributed by atoms with Crippen LogP contribution in [0.4, 0.5) is 8.78 Å². The SMILES string of the molecule is CC(C)(F)CN1CCC(CCc2ccc(-c3ccc(C(=O)N4CCCC4)c(F)c3)cc2CO)CC1. The Labute approximate surface area is 207 Å². The third-order valence-electron chi connectivity index (χ3n) is 7.43. The van der Waals surface area contributed by atoms with Crippen LogP contribution in [0.5, 0.6) is 0 Å². The van der Waals surface area contributed by atoms with Crippen LogP contribution in [0.1, 0.15) is 67.4 Å². The Morgan fingerprint density at radius 3 is 2.29 bits per heavy atom. The van der Waals surface area contributed by atoms with Gasteiger partial charge in [0.25, 0.3) is 5.91 Å². The van der Waals surface area contributed by atoms with Crippen LogP contribution < -0.4 is 0 Å². The third-order valence-corrected chi connectivity index (χ3v) is 7.43. The van der Waals surface area contributed by atoms with Crippen molar-refractivity contribution < 1.29 is 18.7 Å². The molecule has 0 aliphatic carbocycles. The highest BCUT2D eigenvalue weighted by molar-refractivity contribution is 5.95. The van der Waals surface area contributed by atoms with Gasteiger partial charge in [-0.15, -0.1) is 0 Å². The molecule has 2 fully saturated rings. The van der Waals surface area contributed by atoms with E-state index in [0.29, 0.717) is 31.1 Å². The van der Waals surface area contributed by atoms with Crippen molar-refractivity contribution in [3.8, 4) is 11.1 Å². The van der Waals surface area contributed by atoms with Crippen LogP contribution in [0.3, 0.4) is 0 Å². The lowest BCUT2D eigenvalue weighted by atomic mass is 9.88. The number of aryl methyl sites for hydroxylation is 1. The molecule has 0 unspecified atom stereocenters. The maximum absolute atomic E-state index is 14.8. The van der Waals surface area contributed by atoms with Crippen molar-refractivity contribution in [1.82, 2.24) is 9.80 Å². The van der Waals surface area contributed by atoms with Gasteiger partial charge in [0.2, 0.25) is 0 Å². The Morgan fingerprint density at radius 1 is 1.00 bits per heavy atom. The van der Waals surface area contributed by atoms with E-state index in [1.165, 1.54) is 6.07 Å². The van der Waals surface area contributed by atoms with Gasteiger partial charge in [0.15, 0.2) is 0 Å². The third kappa shape index (κ3) is 6.68. The quantitative estimate of drug-likeness (QED) is 0.529. The number of nitrogens with zero attached hydrogens (tertiary/aromatic N) is 2. The predicted molar refractivity (Wildman–Crippen MR) is 136 cm³/mol. The van der Waals surface area contributed by atoms with Crippen LogP contribution in [0.25, 0.3) is 11.1 Å². The van der Waals surface area contributed by atoms with E-state index in [1.807, 2.05) is 18.2 Å². The number of benzene rings is 2. The van der Waals surface area contributed by atoms with Crippen molar-refractivity contribution in [2.75, 3.05) is 32.7 Å². The van der Waals surface area contributed by atoms with E-state index in [-0.39, 0.29) is 18.1 Å². The second-order valence-electron chi connectivity index (χ2n) is 10.8. The number of carbonyl (C=O) groups excluding carboxylic acids is 1. The van der Waals surface area contributed by atoms with Gasteiger partial charge in [0, 0.05) is 19.6 Å². The summed E-state index contributed by atoms with van der Waals surface area (Å²) in [5.41, 5.74) is 2.47. The summed E-state index contributed by atoms with van der Waals surface area (Å²) >= 11 is 0. The average molecular weight is 485 g/mol. The van der Waals surface area contributed by atoms with Gasteiger partial charge in [0.05, 0.1) is 12.2 Å². The van der Waals surface area contributed by atoms with Gasteiger partial charge in [-0.2, -0.15) is 0 Å². The van der Waals surface area contributed by atoms with E-state index in [4.69, 9.17) is 0 Å². The first-order valence-electron chi connectivity index (χ1n) is 13.0. The lowest BCUT2D eigenvalue weighted by Crippen LogP contribution is -2.41. The molecule has 2 heterocycles. The summed E-state index contributed by atoms with van der Waals surface area (Å²) in [5, 5.41) is 10.00. The molecule has 4 rings (SSSR count). The van der Waals surface area contributed by atoms with E-state index < -0.39 is 11.5 Å². The number of likely N-dealkylation sites (tertiary alicyclic amines) is 2. The average Bonchev–Trinajstić information content (AvgIpc) is 3.37. The molecule has 0 aromatic heterocycles. The minimum atomic E-state index is -1.16. The van der Waals surface area contributed by atoms with Crippen molar-refractivity contribution >= 4 is 5.91 Å². The molecular weight excluding hydrogens is 446 g/mol. The van der Waals surface area contributed by atoms with Crippen LogP contribution in [0.15, 0.2) is 36.4 Å². The summed E-state index contributed by atoms with van der Waals surface area (Å²) < 4.78 is 28.7. The lowest BCUT2D eigenvalue weighted by molar-refractivity contribution is 0.0788. The molecular formula is C29H38F2N2O2. The molecule has 6 heteroatoms. The highest BCUT2D eigenvalue weighted by Gasteiger charge is 2.25. The molecule has 0 bridgehead atoms. The molecule has 1 amide bonds. The molecule has 0 atom stereocenters.